The fourth-order valence-corrected chi connectivity index (χ4v) is 2.65. The molecule has 0 amide bonds. The topological polar surface area (TPSA) is 67.9 Å². The normalized spacial score (nSPS) is 13.0. The van der Waals surface area contributed by atoms with Crippen molar-refractivity contribution in [2.24, 2.45) is 0 Å². The van der Waals surface area contributed by atoms with Crippen LogP contribution in [0.2, 0.25) is 0 Å². The minimum absolute atomic E-state index is 0.182. The summed E-state index contributed by atoms with van der Waals surface area (Å²) in [7, 11) is 1.12. The minimum atomic E-state index is -4.56. The molecule has 0 fully saturated rings. The first-order valence-corrected chi connectivity index (χ1v) is 6.57. The number of nitrogens with one attached hydrogen (secondary N) is 1. The van der Waals surface area contributed by atoms with Gasteiger partial charge in [0.15, 0.2) is 5.16 Å². The number of thioether (sulfide) groups is 1. The third-order valence-corrected chi connectivity index (χ3v) is 3.69. The van der Waals surface area contributed by atoms with Crippen molar-refractivity contribution in [3.05, 3.63) is 41.7 Å². The van der Waals surface area contributed by atoms with Gasteiger partial charge < -0.3 is 4.74 Å². The standard InChI is InChI=1S/C12H10F3N3O2S/c1-20-10(19)9(21-11-16-6-17-18-11)7-4-2-3-5-8(7)12(13,14)15/h2-6,9H,1H3,(H,16,17,18)/t9-/m1/s1. The number of aromatic nitrogens is 3. The molecule has 9 heteroatoms. The van der Waals surface area contributed by atoms with Gasteiger partial charge in [-0.3, -0.25) is 9.89 Å². The molecule has 1 atom stereocenters. The largest absolute Gasteiger partial charge is 0.468 e. The van der Waals surface area contributed by atoms with E-state index in [1.807, 2.05) is 0 Å². The summed E-state index contributed by atoms with van der Waals surface area (Å²) < 4.78 is 43.8. The summed E-state index contributed by atoms with van der Waals surface area (Å²) in [5, 5.41) is 5.11. The van der Waals surface area contributed by atoms with Gasteiger partial charge in [-0.15, -0.1) is 0 Å². The number of benzene rings is 1. The summed E-state index contributed by atoms with van der Waals surface area (Å²) >= 11 is 0.808. The number of ether oxygens (including phenoxy) is 1. The highest BCUT2D eigenvalue weighted by Crippen LogP contribution is 2.41. The van der Waals surface area contributed by atoms with Gasteiger partial charge in [0, 0.05) is 0 Å². The van der Waals surface area contributed by atoms with E-state index in [1.165, 1.54) is 24.5 Å². The third kappa shape index (κ3) is 3.54. The lowest BCUT2D eigenvalue weighted by atomic mass is 10.0. The lowest BCUT2D eigenvalue weighted by molar-refractivity contribution is -0.141. The van der Waals surface area contributed by atoms with Gasteiger partial charge in [0.2, 0.25) is 0 Å². The molecule has 0 saturated carbocycles. The van der Waals surface area contributed by atoms with Crippen LogP contribution < -0.4 is 0 Å². The maximum atomic E-state index is 13.1. The molecule has 1 aromatic heterocycles. The highest BCUT2D eigenvalue weighted by molar-refractivity contribution is 8.00. The van der Waals surface area contributed by atoms with Crippen LogP contribution in [0.25, 0.3) is 0 Å². The van der Waals surface area contributed by atoms with E-state index in [-0.39, 0.29) is 10.7 Å². The summed E-state index contributed by atoms with van der Waals surface area (Å²) in [6.45, 7) is 0. The van der Waals surface area contributed by atoms with Gasteiger partial charge in [0.1, 0.15) is 11.6 Å². The van der Waals surface area contributed by atoms with Crippen molar-refractivity contribution in [3.63, 3.8) is 0 Å². The molecule has 2 rings (SSSR count). The summed E-state index contributed by atoms with van der Waals surface area (Å²) in [6.07, 6.45) is -3.36. The molecule has 112 valence electrons. The second-order valence-corrected chi connectivity index (χ2v) is 4.99. The first kappa shape index (κ1) is 15.4. The van der Waals surface area contributed by atoms with Crippen LogP contribution in [0.5, 0.6) is 0 Å². The predicted molar refractivity (Wildman–Crippen MR) is 68.4 cm³/mol. The van der Waals surface area contributed by atoms with Crippen LogP contribution in [0.1, 0.15) is 16.4 Å². The number of esters is 1. The van der Waals surface area contributed by atoms with Crippen LogP contribution in [-0.4, -0.2) is 28.3 Å². The number of alkyl halides is 3. The Bertz CT molecular complexity index is 616. The van der Waals surface area contributed by atoms with E-state index in [0.29, 0.717) is 0 Å². The van der Waals surface area contributed by atoms with Gasteiger partial charge in [-0.1, -0.05) is 30.0 Å². The number of hydrogen-bond donors (Lipinski definition) is 1. The molecule has 0 aliphatic rings. The second-order valence-electron chi connectivity index (χ2n) is 3.90. The maximum absolute atomic E-state index is 13.1. The molecule has 1 N–H and O–H groups in total. The van der Waals surface area contributed by atoms with Crippen LogP contribution in [-0.2, 0) is 15.7 Å². The Morgan fingerprint density at radius 2 is 2.10 bits per heavy atom. The quantitative estimate of drug-likeness (QED) is 0.694. The molecule has 0 aliphatic heterocycles. The van der Waals surface area contributed by atoms with Crippen molar-refractivity contribution in [2.45, 2.75) is 16.6 Å². The smallest absolute Gasteiger partial charge is 0.416 e. The number of nitrogens with zero attached hydrogens (tertiary/aromatic N) is 2. The van der Waals surface area contributed by atoms with E-state index in [4.69, 9.17) is 0 Å². The maximum Gasteiger partial charge on any atom is 0.416 e. The molecular formula is C12H10F3N3O2S. The Balaban J connectivity index is 2.44. The monoisotopic (exact) mass is 317 g/mol. The Hall–Kier alpha value is -2.03. The fourth-order valence-electron chi connectivity index (χ4n) is 1.69. The van der Waals surface area contributed by atoms with Crippen LogP contribution in [0.15, 0.2) is 35.7 Å². The Morgan fingerprint density at radius 3 is 2.67 bits per heavy atom. The lowest BCUT2D eigenvalue weighted by Crippen LogP contribution is -2.17. The molecule has 1 aromatic carbocycles. The molecule has 1 heterocycles. The zero-order chi connectivity index (χ0) is 15.5. The number of aromatic amines is 1. The SMILES string of the molecule is COC(=O)[C@H](Sc1ncn[nH]1)c1ccccc1C(F)(F)F. The van der Waals surface area contributed by atoms with E-state index in [2.05, 4.69) is 19.9 Å². The molecule has 0 bridgehead atoms. The van der Waals surface area contributed by atoms with E-state index in [1.54, 1.807) is 0 Å². The van der Waals surface area contributed by atoms with Crippen molar-refractivity contribution in [1.82, 2.24) is 15.2 Å². The van der Waals surface area contributed by atoms with E-state index in [0.717, 1.165) is 24.9 Å². The van der Waals surface area contributed by atoms with Crippen molar-refractivity contribution in [2.75, 3.05) is 7.11 Å². The van der Waals surface area contributed by atoms with Crippen molar-refractivity contribution >= 4 is 17.7 Å². The Morgan fingerprint density at radius 1 is 1.38 bits per heavy atom. The summed E-state index contributed by atoms with van der Waals surface area (Å²) in [5.74, 6) is -0.798. The van der Waals surface area contributed by atoms with E-state index < -0.39 is 23.0 Å². The van der Waals surface area contributed by atoms with Gasteiger partial charge in [-0.2, -0.15) is 18.3 Å². The van der Waals surface area contributed by atoms with Crippen LogP contribution in [0.4, 0.5) is 13.2 Å². The predicted octanol–water partition coefficient (Wildman–Crippen LogP) is 2.83. The summed E-state index contributed by atoms with van der Waals surface area (Å²) in [6, 6.07) is 4.86. The van der Waals surface area contributed by atoms with Crippen LogP contribution in [0, 0.1) is 0 Å². The van der Waals surface area contributed by atoms with Crippen molar-refractivity contribution in [3.8, 4) is 0 Å². The molecule has 0 radical (unpaired) electrons. The fraction of sp³-hybridized carbons (Fsp3) is 0.250. The zero-order valence-corrected chi connectivity index (χ0v) is 11.5. The highest BCUT2D eigenvalue weighted by atomic mass is 32.2. The lowest BCUT2D eigenvalue weighted by Gasteiger charge is -2.18. The first-order chi connectivity index (χ1) is 9.93. The Kier molecular flexibility index (Phi) is 4.51. The Labute approximate surface area is 121 Å². The molecule has 0 saturated heterocycles. The average molecular weight is 317 g/mol. The molecule has 5 nitrogen and oxygen atoms in total. The number of methoxy groups -OCH3 is 1. The molecule has 21 heavy (non-hydrogen) atoms. The summed E-state index contributed by atoms with van der Waals surface area (Å²) in [5.41, 5.74) is -1.06. The molecule has 0 unspecified atom stereocenters. The van der Waals surface area contributed by atoms with Crippen molar-refractivity contribution in [1.29, 1.82) is 0 Å². The van der Waals surface area contributed by atoms with Crippen LogP contribution in [0.3, 0.4) is 0 Å². The van der Waals surface area contributed by atoms with Gasteiger partial charge in [-0.25, -0.2) is 4.98 Å². The van der Waals surface area contributed by atoms with Crippen LogP contribution >= 0.6 is 11.8 Å². The molecular weight excluding hydrogens is 307 g/mol. The molecule has 0 aliphatic carbocycles. The number of H-pyrrole nitrogens is 1. The molecule has 2 aromatic rings. The van der Waals surface area contributed by atoms with Gasteiger partial charge in [0.25, 0.3) is 0 Å². The number of rotatable bonds is 4. The first-order valence-electron chi connectivity index (χ1n) is 5.69. The van der Waals surface area contributed by atoms with Gasteiger partial charge >= 0.3 is 12.1 Å². The van der Waals surface area contributed by atoms with E-state index >= 15 is 0 Å². The number of halogens is 3. The molecule has 0 spiro atoms. The number of carbonyl (C=O) groups is 1. The zero-order valence-electron chi connectivity index (χ0n) is 10.7. The number of hydrogen-bond acceptors (Lipinski definition) is 5. The van der Waals surface area contributed by atoms with E-state index in [9.17, 15) is 18.0 Å². The van der Waals surface area contributed by atoms with Gasteiger partial charge in [0.05, 0.1) is 12.7 Å². The van der Waals surface area contributed by atoms with Crippen molar-refractivity contribution < 1.29 is 22.7 Å². The van der Waals surface area contributed by atoms with Gasteiger partial charge in [-0.05, 0) is 11.6 Å². The second kappa shape index (κ2) is 6.17. The highest BCUT2D eigenvalue weighted by Gasteiger charge is 2.37. The minimum Gasteiger partial charge on any atom is -0.468 e. The summed E-state index contributed by atoms with van der Waals surface area (Å²) in [4.78, 5) is 15.6. The average Bonchev–Trinajstić information content (AvgIpc) is 2.96. The number of carbonyl (C=O) groups excluding carboxylic acids is 1. The third-order valence-electron chi connectivity index (χ3n) is 2.59.